The summed E-state index contributed by atoms with van der Waals surface area (Å²) in [6, 6.07) is 11.0. The maximum atomic E-state index is 12.1. The zero-order valence-electron chi connectivity index (χ0n) is 11.4. The number of rotatable bonds is 4. The molecule has 0 aliphatic heterocycles. The monoisotopic (exact) mass is 336 g/mol. The maximum Gasteiger partial charge on any atom is 0.427 e. The molecule has 0 heterocycles. The van der Waals surface area contributed by atoms with Gasteiger partial charge in [-0.1, -0.05) is 29.3 Å². The van der Waals surface area contributed by atoms with Gasteiger partial charge in [0.15, 0.2) is 5.75 Å². The smallest absolute Gasteiger partial charge is 0.427 e. The van der Waals surface area contributed by atoms with Crippen molar-refractivity contribution in [3.63, 3.8) is 0 Å². The van der Waals surface area contributed by atoms with E-state index in [1.807, 2.05) is 0 Å². The van der Waals surface area contributed by atoms with Crippen molar-refractivity contribution in [1.82, 2.24) is 0 Å². The topological polar surface area (TPSA) is 71.9 Å². The van der Waals surface area contributed by atoms with Gasteiger partial charge in [0.2, 0.25) is 0 Å². The summed E-state index contributed by atoms with van der Waals surface area (Å²) < 4.78 is 10.1. The molecule has 22 heavy (non-hydrogen) atoms. The minimum absolute atomic E-state index is 0.00509. The lowest BCUT2D eigenvalue weighted by Crippen LogP contribution is -2.22. The van der Waals surface area contributed by atoms with E-state index in [4.69, 9.17) is 38.2 Å². The second-order valence-electron chi connectivity index (χ2n) is 4.12. The molecular formula is C15H10Cl2N2O3. The van der Waals surface area contributed by atoms with Crippen LogP contribution in [0.5, 0.6) is 11.5 Å². The minimum atomic E-state index is -0.886. The molecule has 0 unspecified atom stereocenters. The van der Waals surface area contributed by atoms with E-state index in [0.717, 1.165) is 0 Å². The van der Waals surface area contributed by atoms with Crippen LogP contribution in [0, 0.1) is 0 Å². The Balaban J connectivity index is 2.28. The van der Waals surface area contributed by atoms with E-state index in [9.17, 15) is 4.79 Å². The van der Waals surface area contributed by atoms with Crippen LogP contribution < -0.4 is 9.47 Å². The van der Waals surface area contributed by atoms with Crippen molar-refractivity contribution in [3.05, 3.63) is 63.6 Å². The second kappa shape index (κ2) is 7.09. The van der Waals surface area contributed by atoms with Gasteiger partial charge in [0.1, 0.15) is 5.75 Å². The molecule has 0 atom stereocenters. The fourth-order valence-corrected chi connectivity index (χ4v) is 2.16. The lowest BCUT2D eigenvalue weighted by molar-refractivity contribution is -0.131. The van der Waals surface area contributed by atoms with Crippen molar-refractivity contribution in [3.8, 4) is 11.5 Å². The summed E-state index contributed by atoms with van der Waals surface area (Å²) in [5.74, 6) is -0.281. The number of ether oxygens (including phenoxy) is 2. The molecule has 0 radical (unpaired) electrons. The van der Waals surface area contributed by atoms with Gasteiger partial charge in [-0.3, -0.25) is 0 Å². The number of nitrogens with zero attached hydrogens (tertiary/aromatic N) is 2. The Bertz CT molecular complexity index is 734. The summed E-state index contributed by atoms with van der Waals surface area (Å²) in [5.41, 5.74) is 9.16. The molecule has 2 aromatic rings. The number of hydrogen-bond acceptors (Lipinski definition) is 3. The van der Waals surface area contributed by atoms with E-state index in [0.29, 0.717) is 11.3 Å². The van der Waals surface area contributed by atoms with Crippen molar-refractivity contribution in [2.45, 2.75) is 0 Å². The van der Waals surface area contributed by atoms with Crippen molar-refractivity contribution < 1.29 is 19.1 Å². The highest BCUT2D eigenvalue weighted by Crippen LogP contribution is 2.32. The Labute approximate surface area is 136 Å². The third kappa shape index (κ3) is 3.46. The van der Waals surface area contributed by atoms with Gasteiger partial charge in [-0.25, -0.2) is 4.79 Å². The zero-order valence-corrected chi connectivity index (χ0v) is 12.9. The molecule has 7 heteroatoms. The predicted molar refractivity (Wildman–Crippen MR) is 82.8 cm³/mol. The molecular weight excluding hydrogens is 327 g/mol. The number of halogens is 2. The first-order valence-electron chi connectivity index (χ1n) is 6.09. The third-order valence-electron chi connectivity index (χ3n) is 2.77. The van der Waals surface area contributed by atoms with E-state index in [1.54, 1.807) is 30.3 Å². The van der Waals surface area contributed by atoms with E-state index >= 15 is 0 Å². The molecule has 112 valence electrons. The maximum absolute atomic E-state index is 12.1. The van der Waals surface area contributed by atoms with Crippen LogP contribution in [0.25, 0.3) is 5.53 Å². The Morgan fingerprint density at radius 1 is 1.09 bits per heavy atom. The van der Waals surface area contributed by atoms with Crippen LogP contribution in [-0.2, 0) is 4.79 Å². The molecule has 2 aromatic carbocycles. The van der Waals surface area contributed by atoms with Gasteiger partial charge in [-0.05, 0) is 36.4 Å². The lowest BCUT2D eigenvalue weighted by Gasteiger charge is -2.06. The molecule has 2 rings (SSSR count). The molecule has 0 aromatic heterocycles. The van der Waals surface area contributed by atoms with Gasteiger partial charge in [0.25, 0.3) is 0 Å². The standard InChI is InChI=1S/C15H10Cl2N2O3/c1-21-10-7-5-9(6-8-10)13(19-18)15(20)22-14-11(16)3-2-4-12(14)17/h2-8H,1H3. The van der Waals surface area contributed by atoms with Gasteiger partial charge < -0.3 is 15.0 Å². The Kier molecular flexibility index (Phi) is 5.17. The van der Waals surface area contributed by atoms with E-state index in [-0.39, 0.29) is 21.5 Å². The number of methoxy groups -OCH3 is 1. The van der Waals surface area contributed by atoms with Crippen molar-refractivity contribution in [1.29, 1.82) is 0 Å². The highest BCUT2D eigenvalue weighted by atomic mass is 35.5. The summed E-state index contributed by atoms with van der Waals surface area (Å²) in [4.78, 5) is 15.1. The molecule has 0 fully saturated rings. The average Bonchev–Trinajstić information content (AvgIpc) is 2.52. The van der Waals surface area contributed by atoms with Gasteiger partial charge in [-0.15, -0.1) is 0 Å². The first-order chi connectivity index (χ1) is 10.6. The van der Waals surface area contributed by atoms with E-state index in [1.165, 1.54) is 19.2 Å². The molecule has 0 amide bonds. The van der Waals surface area contributed by atoms with Crippen LogP contribution >= 0.6 is 23.2 Å². The predicted octanol–water partition coefficient (Wildman–Crippen LogP) is 3.63. The molecule has 0 saturated carbocycles. The summed E-state index contributed by atoms with van der Waals surface area (Å²) in [6.45, 7) is 0. The Hall–Kier alpha value is -2.33. The number of carbonyl (C=O) groups excluding carboxylic acids is 1. The molecule has 0 bridgehead atoms. The largest absolute Gasteiger partial charge is 0.497 e. The zero-order chi connectivity index (χ0) is 16.1. The molecule has 0 spiro atoms. The number of esters is 1. The van der Waals surface area contributed by atoms with E-state index in [2.05, 4.69) is 4.79 Å². The quantitative estimate of drug-likeness (QED) is 0.281. The number of para-hydroxylation sites is 1. The van der Waals surface area contributed by atoms with Gasteiger partial charge >= 0.3 is 11.7 Å². The molecule has 0 aliphatic rings. The van der Waals surface area contributed by atoms with Crippen LogP contribution in [-0.4, -0.2) is 23.6 Å². The van der Waals surface area contributed by atoms with Crippen LogP contribution in [0.4, 0.5) is 0 Å². The van der Waals surface area contributed by atoms with Crippen LogP contribution in [0.15, 0.2) is 42.5 Å². The van der Waals surface area contributed by atoms with Crippen LogP contribution in [0.1, 0.15) is 5.56 Å². The Morgan fingerprint density at radius 3 is 2.18 bits per heavy atom. The molecule has 0 aliphatic carbocycles. The summed E-state index contributed by atoms with van der Waals surface area (Å²) in [7, 11) is 1.52. The number of hydrogen-bond donors (Lipinski definition) is 0. The SMILES string of the molecule is COc1ccc(C(=[N+]=[N-])C(=O)Oc2c(Cl)cccc2Cl)cc1. The summed E-state index contributed by atoms with van der Waals surface area (Å²) >= 11 is 11.9. The highest BCUT2D eigenvalue weighted by molar-refractivity contribution is 6.42. The normalized spacial score (nSPS) is 9.77. The number of benzene rings is 2. The first-order valence-corrected chi connectivity index (χ1v) is 6.85. The molecule has 0 saturated heterocycles. The summed E-state index contributed by atoms with van der Waals surface area (Å²) in [5, 5.41) is 0.348. The van der Waals surface area contributed by atoms with Crippen molar-refractivity contribution in [2.24, 2.45) is 0 Å². The van der Waals surface area contributed by atoms with E-state index < -0.39 is 5.97 Å². The van der Waals surface area contributed by atoms with Gasteiger partial charge in [-0.2, -0.15) is 4.79 Å². The molecule has 0 N–H and O–H groups in total. The Morgan fingerprint density at radius 2 is 1.68 bits per heavy atom. The van der Waals surface area contributed by atoms with Crippen molar-refractivity contribution in [2.75, 3.05) is 7.11 Å². The second-order valence-corrected chi connectivity index (χ2v) is 4.93. The van der Waals surface area contributed by atoms with Crippen molar-refractivity contribution >= 4 is 34.9 Å². The first kappa shape index (κ1) is 16.0. The number of carbonyl (C=O) groups is 1. The van der Waals surface area contributed by atoms with Crippen LogP contribution in [0.3, 0.4) is 0 Å². The lowest BCUT2D eigenvalue weighted by atomic mass is 10.1. The molecule has 5 nitrogen and oxygen atoms in total. The third-order valence-corrected chi connectivity index (χ3v) is 3.37. The van der Waals surface area contributed by atoms with Gasteiger partial charge in [0.05, 0.1) is 22.7 Å². The minimum Gasteiger partial charge on any atom is -0.497 e. The highest BCUT2D eigenvalue weighted by Gasteiger charge is 2.27. The summed E-state index contributed by atoms with van der Waals surface area (Å²) in [6.07, 6.45) is 0. The van der Waals surface area contributed by atoms with Gasteiger partial charge in [0, 0.05) is 0 Å². The average molecular weight is 337 g/mol. The fourth-order valence-electron chi connectivity index (χ4n) is 1.69. The fraction of sp³-hybridized carbons (Fsp3) is 0.0667. The van der Waals surface area contributed by atoms with Crippen LogP contribution in [0.2, 0.25) is 10.0 Å².